The summed E-state index contributed by atoms with van der Waals surface area (Å²) in [7, 11) is 0. The van der Waals surface area contributed by atoms with Crippen molar-refractivity contribution in [1.29, 1.82) is 0 Å². The summed E-state index contributed by atoms with van der Waals surface area (Å²) < 4.78 is 5.40. The zero-order valence-electron chi connectivity index (χ0n) is 15.7. The van der Waals surface area contributed by atoms with Crippen LogP contribution in [0.3, 0.4) is 0 Å². The van der Waals surface area contributed by atoms with Gasteiger partial charge in [-0.25, -0.2) is 0 Å². The van der Waals surface area contributed by atoms with Crippen molar-refractivity contribution in [2.24, 2.45) is 5.92 Å². The highest BCUT2D eigenvalue weighted by molar-refractivity contribution is 6.30. The van der Waals surface area contributed by atoms with Gasteiger partial charge in [0.1, 0.15) is 12.4 Å². The molecule has 1 N–H and O–H groups in total. The Morgan fingerprint density at radius 2 is 2.04 bits per heavy atom. The maximum Gasteiger partial charge on any atom is 0.167 e. The van der Waals surface area contributed by atoms with Crippen LogP contribution in [0, 0.1) is 12.8 Å². The summed E-state index contributed by atoms with van der Waals surface area (Å²) in [6.45, 7) is 4.87. The number of benzene rings is 2. The van der Waals surface area contributed by atoms with E-state index in [1.165, 1.54) is 5.56 Å². The predicted octanol–water partition coefficient (Wildman–Crippen LogP) is 4.11. The molecule has 4 nitrogen and oxygen atoms in total. The van der Waals surface area contributed by atoms with Gasteiger partial charge in [-0.15, -0.1) is 0 Å². The van der Waals surface area contributed by atoms with Gasteiger partial charge in [0.15, 0.2) is 5.78 Å². The number of halogens is 1. The van der Waals surface area contributed by atoms with Crippen LogP contribution >= 0.6 is 11.6 Å². The smallest absolute Gasteiger partial charge is 0.167 e. The lowest BCUT2D eigenvalue weighted by atomic mass is 9.88. The molecule has 2 aromatic rings. The van der Waals surface area contributed by atoms with Crippen LogP contribution < -0.4 is 4.74 Å². The Balaban J connectivity index is 1.61. The molecule has 1 fully saturated rings. The first-order valence-electron chi connectivity index (χ1n) is 9.42. The molecule has 0 saturated carbocycles. The maximum atomic E-state index is 13.0. The zero-order chi connectivity index (χ0) is 19.2. The van der Waals surface area contributed by atoms with E-state index in [1.807, 2.05) is 43.3 Å². The van der Waals surface area contributed by atoms with Gasteiger partial charge in [-0.2, -0.15) is 0 Å². The molecule has 0 aliphatic carbocycles. The van der Waals surface area contributed by atoms with Crippen molar-refractivity contribution in [3.05, 3.63) is 64.2 Å². The van der Waals surface area contributed by atoms with E-state index in [4.69, 9.17) is 21.4 Å². The molecular weight excluding hydrogens is 362 g/mol. The Labute approximate surface area is 165 Å². The molecule has 144 valence electrons. The number of hydrogen-bond donors (Lipinski definition) is 1. The lowest BCUT2D eigenvalue weighted by molar-refractivity contribution is 0.0811. The molecule has 1 aliphatic rings. The van der Waals surface area contributed by atoms with Crippen molar-refractivity contribution < 1.29 is 14.6 Å². The van der Waals surface area contributed by atoms with Gasteiger partial charge in [-0.1, -0.05) is 23.7 Å². The van der Waals surface area contributed by atoms with Crippen molar-refractivity contribution in [3.63, 3.8) is 0 Å². The number of hydrogen-bond acceptors (Lipinski definition) is 4. The Morgan fingerprint density at radius 1 is 1.26 bits per heavy atom. The van der Waals surface area contributed by atoms with Crippen molar-refractivity contribution >= 4 is 17.4 Å². The quantitative estimate of drug-likeness (QED) is 0.726. The average molecular weight is 388 g/mol. The van der Waals surface area contributed by atoms with Gasteiger partial charge in [0.25, 0.3) is 0 Å². The van der Waals surface area contributed by atoms with Crippen molar-refractivity contribution in [2.45, 2.75) is 26.3 Å². The van der Waals surface area contributed by atoms with Crippen LogP contribution in [-0.2, 0) is 6.54 Å². The number of rotatable bonds is 7. The molecule has 0 unspecified atom stereocenters. The molecule has 0 bridgehead atoms. The molecule has 1 heterocycles. The van der Waals surface area contributed by atoms with Crippen molar-refractivity contribution in [2.75, 3.05) is 26.3 Å². The van der Waals surface area contributed by atoms with E-state index < -0.39 is 0 Å². The van der Waals surface area contributed by atoms with Crippen molar-refractivity contribution in [3.8, 4) is 5.75 Å². The largest absolute Gasteiger partial charge is 0.491 e. The van der Waals surface area contributed by atoms with Gasteiger partial charge in [0, 0.05) is 29.6 Å². The highest BCUT2D eigenvalue weighted by atomic mass is 35.5. The average Bonchev–Trinajstić information content (AvgIpc) is 2.67. The van der Waals surface area contributed by atoms with E-state index in [9.17, 15) is 4.79 Å². The van der Waals surface area contributed by atoms with Gasteiger partial charge in [0.05, 0.1) is 6.61 Å². The predicted molar refractivity (Wildman–Crippen MR) is 108 cm³/mol. The van der Waals surface area contributed by atoms with Gasteiger partial charge >= 0.3 is 0 Å². The van der Waals surface area contributed by atoms with Gasteiger partial charge < -0.3 is 9.84 Å². The number of ether oxygens (including phenoxy) is 1. The van der Waals surface area contributed by atoms with E-state index >= 15 is 0 Å². The highest BCUT2D eigenvalue weighted by Gasteiger charge is 2.27. The van der Waals surface area contributed by atoms with Gasteiger partial charge in [0.2, 0.25) is 0 Å². The Kier molecular flexibility index (Phi) is 6.89. The second-order valence-electron chi connectivity index (χ2n) is 7.11. The van der Waals surface area contributed by atoms with Crippen molar-refractivity contribution in [1.82, 2.24) is 4.90 Å². The summed E-state index contributed by atoms with van der Waals surface area (Å²) in [6.07, 6.45) is 1.96. The lowest BCUT2D eigenvalue weighted by Gasteiger charge is -2.32. The number of nitrogens with zero attached hydrogens (tertiary/aromatic N) is 1. The molecule has 0 radical (unpaired) electrons. The van der Waals surface area contributed by atoms with E-state index in [2.05, 4.69) is 4.90 Å². The van der Waals surface area contributed by atoms with Crippen LogP contribution in [0.15, 0.2) is 42.5 Å². The number of carbonyl (C=O) groups is 1. The fourth-order valence-corrected chi connectivity index (χ4v) is 3.88. The molecule has 0 amide bonds. The summed E-state index contributed by atoms with van der Waals surface area (Å²) in [5, 5.41) is 9.48. The monoisotopic (exact) mass is 387 g/mol. The number of aryl methyl sites for hydroxylation is 1. The number of aliphatic hydroxyl groups excluding tert-OH is 1. The number of Topliss-reactive ketones (excluding diaryl/α,β-unsaturated/α-hetero) is 1. The Hall–Kier alpha value is -1.88. The van der Waals surface area contributed by atoms with Crippen LogP contribution in [0.1, 0.15) is 34.3 Å². The molecule has 27 heavy (non-hydrogen) atoms. The SMILES string of the molecule is Cc1cc(Cl)ccc1C(=O)[C@@H]1CCCN(Cc2ccc(OCCO)cc2)C1. The molecule has 0 spiro atoms. The van der Waals surface area contributed by atoms with E-state index in [-0.39, 0.29) is 18.3 Å². The third-order valence-corrected chi connectivity index (χ3v) is 5.25. The highest BCUT2D eigenvalue weighted by Crippen LogP contribution is 2.25. The molecule has 2 aromatic carbocycles. The second-order valence-corrected chi connectivity index (χ2v) is 7.55. The minimum Gasteiger partial charge on any atom is -0.491 e. The van der Waals surface area contributed by atoms with Crippen LogP contribution in [0.25, 0.3) is 0 Å². The first-order chi connectivity index (χ1) is 13.1. The summed E-state index contributed by atoms with van der Waals surface area (Å²) in [5.41, 5.74) is 2.93. The first-order valence-corrected chi connectivity index (χ1v) is 9.80. The molecule has 1 atom stereocenters. The first kappa shape index (κ1) is 19.9. The zero-order valence-corrected chi connectivity index (χ0v) is 16.4. The normalized spacial score (nSPS) is 17.7. The molecule has 1 aliphatic heterocycles. The fourth-order valence-electron chi connectivity index (χ4n) is 3.65. The number of aliphatic hydroxyl groups is 1. The standard InChI is InChI=1S/C22H26ClNO3/c1-16-13-19(23)6-9-21(16)22(26)18-3-2-10-24(15-18)14-17-4-7-20(8-5-17)27-12-11-25/h4-9,13,18,25H,2-3,10-12,14-15H2,1H3/t18-/m1/s1. The summed E-state index contributed by atoms with van der Waals surface area (Å²) in [5.74, 6) is 1.02. The number of piperidine rings is 1. The molecule has 1 saturated heterocycles. The third kappa shape index (κ3) is 5.32. The second kappa shape index (κ2) is 9.36. The Morgan fingerprint density at radius 3 is 2.74 bits per heavy atom. The molecular formula is C22H26ClNO3. The van der Waals surface area contributed by atoms with Crippen LogP contribution in [0.2, 0.25) is 5.02 Å². The summed E-state index contributed by atoms with van der Waals surface area (Å²) in [6, 6.07) is 13.4. The summed E-state index contributed by atoms with van der Waals surface area (Å²) in [4.78, 5) is 15.3. The number of ketones is 1. The van der Waals surface area contributed by atoms with E-state index in [0.29, 0.717) is 11.6 Å². The van der Waals surface area contributed by atoms with E-state index in [0.717, 1.165) is 49.4 Å². The van der Waals surface area contributed by atoms with Crippen LogP contribution in [-0.4, -0.2) is 42.1 Å². The number of carbonyl (C=O) groups excluding carboxylic acids is 1. The topological polar surface area (TPSA) is 49.8 Å². The Bertz CT molecular complexity index is 776. The van der Waals surface area contributed by atoms with E-state index in [1.54, 1.807) is 6.07 Å². The fraction of sp³-hybridized carbons (Fsp3) is 0.409. The summed E-state index contributed by atoms with van der Waals surface area (Å²) >= 11 is 6.02. The maximum absolute atomic E-state index is 13.0. The van der Waals surface area contributed by atoms with Crippen LogP contribution in [0.5, 0.6) is 5.75 Å². The van der Waals surface area contributed by atoms with Gasteiger partial charge in [-0.05, 0) is 67.8 Å². The molecule has 0 aromatic heterocycles. The van der Waals surface area contributed by atoms with Crippen LogP contribution in [0.4, 0.5) is 0 Å². The lowest BCUT2D eigenvalue weighted by Crippen LogP contribution is -2.38. The van der Waals surface area contributed by atoms with Gasteiger partial charge in [-0.3, -0.25) is 9.69 Å². The number of likely N-dealkylation sites (tertiary alicyclic amines) is 1. The minimum absolute atomic E-state index is 0.0119. The molecule has 5 heteroatoms. The molecule has 3 rings (SSSR count). The minimum atomic E-state index is 0.0119. The third-order valence-electron chi connectivity index (χ3n) is 5.02.